The Morgan fingerprint density at radius 3 is 1.71 bits per heavy atom. The van der Waals surface area contributed by atoms with E-state index >= 15 is 0 Å². The van der Waals surface area contributed by atoms with E-state index in [1.165, 1.54) is 0 Å². The van der Waals surface area contributed by atoms with Gasteiger partial charge in [-0.2, -0.15) is 0 Å². The Labute approximate surface area is 106 Å². The van der Waals surface area contributed by atoms with Crippen molar-refractivity contribution in [2.75, 3.05) is 0 Å². The summed E-state index contributed by atoms with van der Waals surface area (Å²) in [6, 6.07) is 0. The van der Waals surface area contributed by atoms with Crippen LogP contribution in [0.15, 0.2) is 23.8 Å². The third kappa shape index (κ3) is 3.36. The summed E-state index contributed by atoms with van der Waals surface area (Å²) < 4.78 is 11.7. The van der Waals surface area contributed by atoms with Gasteiger partial charge in [-0.3, -0.25) is 0 Å². The molecule has 98 valence electrons. The van der Waals surface area contributed by atoms with E-state index < -0.39 is 7.12 Å². The van der Waals surface area contributed by atoms with Crippen LogP contribution in [-0.2, 0) is 9.31 Å². The molecular weight excluding hydrogens is 213 g/mol. The normalized spacial score (nSPS) is 21.8. The Morgan fingerprint density at radius 1 is 1.12 bits per heavy atom. The fraction of sp³-hybridized carbons (Fsp3) is 0.692. The van der Waals surface area contributed by atoms with Crippen LogP contribution in [0.1, 0.15) is 48.5 Å². The van der Waals surface area contributed by atoms with E-state index in [-0.39, 0.29) is 11.2 Å². The van der Waals surface area contributed by atoms with Crippen molar-refractivity contribution in [2.45, 2.75) is 59.7 Å². The molecule has 0 amide bonds. The molecule has 0 unspecified atom stereocenters. The molecule has 0 aliphatic carbocycles. The molecule has 3 nitrogen and oxygen atoms in total. The predicted octanol–water partition coefficient (Wildman–Crippen LogP) is 3.06. The standard InChI is InChI=1S/C11H20BNO2.C2H6/c1-7-9(8(2)13)12-14-10(3,4)11(5,6)15-12;1-2/h7H,2,13H2,1,3-6H3;1-2H3/b9-7+;. The van der Waals surface area contributed by atoms with Crippen molar-refractivity contribution < 1.29 is 9.31 Å². The van der Waals surface area contributed by atoms with Crippen molar-refractivity contribution in [1.82, 2.24) is 0 Å². The third-order valence-corrected chi connectivity index (χ3v) is 3.19. The van der Waals surface area contributed by atoms with Crippen molar-refractivity contribution in [3.05, 3.63) is 23.8 Å². The lowest BCUT2D eigenvalue weighted by Gasteiger charge is -2.32. The summed E-state index contributed by atoms with van der Waals surface area (Å²) in [5.74, 6) is 0. The van der Waals surface area contributed by atoms with Gasteiger partial charge in [0.1, 0.15) is 0 Å². The van der Waals surface area contributed by atoms with Gasteiger partial charge in [0.2, 0.25) is 0 Å². The minimum absolute atomic E-state index is 0.332. The van der Waals surface area contributed by atoms with Gasteiger partial charge >= 0.3 is 7.12 Å². The summed E-state index contributed by atoms with van der Waals surface area (Å²) >= 11 is 0. The Hall–Kier alpha value is -0.735. The van der Waals surface area contributed by atoms with Crippen LogP contribution in [0, 0.1) is 0 Å². The van der Waals surface area contributed by atoms with E-state index in [0.717, 1.165) is 5.47 Å². The summed E-state index contributed by atoms with van der Waals surface area (Å²) in [7, 11) is -0.405. The lowest BCUT2D eigenvalue weighted by atomic mass is 9.76. The van der Waals surface area contributed by atoms with Crippen LogP contribution in [0.4, 0.5) is 0 Å². The minimum atomic E-state index is -0.405. The molecule has 1 aliphatic rings. The summed E-state index contributed by atoms with van der Waals surface area (Å²) in [5, 5.41) is 0. The highest BCUT2D eigenvalue weighted by atomic mass is 16.7. The van der Waals surface area contributed by atoms with E-state index in [9.17, 15) is 0 Å². The van der Waals surface area contributed by atoms with Gasteiger partial charge in [0.25, 0.3) is 0 Å². The highest BCUT2D eigenvalue weighted by Crippen LogP contribution is 2.39. The Kier molecular flexibility index (Phi) is 5.49. The summed E-state index contributed by atoms with van der Waals surface area (Å²) in [6.45, 7) is 17.7. The van der Waals surface area contributed by atoms with Crippen LogP contribution in [0.3, 0.4) is 0 Å². The quantitative estimate of drug-likeness (QED) is 0.595. The molecule has 0 aromatic rings. The SMILES string of the molecule is C=C(N)/C(=C\C)B1OC(C)(C)C(C)(C)O1.CC. The van der Waals surface area contributed by atoms with Gasteiger partial charge in [0.05, 0.1) is 11.2 Å². The number of allylic oxidation sites excluding steroid dienone is 2. The van der Waals surface area contributed by atoms with Crippen LogP contribution in [0.25, 0.3) is 0 Å². The first-order valence-electron chi connectivity index (χ1n) is 6.18. The van der Waals surface area contributed by atoms with E-state index in [4.69, 9.17) is 15.0 Å². The Bertz CT molecular complexity index is 293. The average Bonchev–Trinajstić information content (AvgIpc) is 2.39. The molecule has 17 heavy (non-hydrogen) atoms. The highest BCUT2D eigenvalue weighted by molar-refractivity contribution is 6.56. The first-order chi connectivity index (χ1) is 7.71. The lowest BCUT2D eigenvalue weighted by Crippen LogP contribution is -2.41. The third-order valence-electron chi connectivity index (χ3n) is 3.19. The zero-order chi connectivity index (χ0) is 13.9. The molecule has 2 N–H and O–H groups in total. The van der Waals surface area contributed by atoms with Crippen molar-refractivity contribution in [2.24, 2.45) is 5.73 Å². The van der Waals surface area contributed by atoms with E-state index in [1.807, 2.05) is 54.5 Å². The van der Waals surface area contributed by atoms with Crippen LogP contribution in [-0.4, -0.2) is 18.3 Å². The molecule has 0 radical (unpaired) electrons. The Balaban J connectivity index is 0.00000121. The zero-order valence-corrected chi connectivity index (χ0v) is 12.3. The van der Waals surface area contributed by atoms with E-state index in [2.05, 4.69) is 6.58 Å². The maximum Gasteiger partial charge on any atom is 0.496 e. The van der Waals surface area contributed by atoms with Crippen molar-refractivity contribution in [1.29, 1.82) is 0 Å². The molecule has 0 aromatic carbocycles. The summed E-state index contributed by atoms with van der Waals surface area (Å²) in [6.07, 6.45) is 1.88. The first-order valence-corrected chi connectivity index (χ1v) is 6.18. The van der Waals surface area contributed by atoms with Crippen LogP contribution >= 0.6 is 0 Å². The van der Waals surface area contributed by atoms with Crippen LogP contribution in [0.5, 0.6) is 0 Å². The van der Waals surface area contributed by atoms with Crippen LogP contribution < -0.4 is 5.73 Å². The molecule has 0 spiro atoms. The fourth-order valence-corrected chi connectivity index (χ4v) is 1.44. The molecule has 1 heterocycles. The number of hydrogen-bond acceptors (Lipinski definition) is 3. The highest BCUT2D eigenvalue weighted by Gasteiger charge is 2.52. The monoisotopic (exact) mass is 239 g/mol. The van der Waals surface area contributed by atoms with E-state index in [0.29, 0.717) is 5.70 Å². The maximum atomic E-state index is 5.85. The Morgan fingerprint density at radius 2 is 1.47 bits per heavy atom. The van der Waals surface area contributed by atoms with Gasteiger partial charge < -0.3 is 15.0 Å². The molecular formula is C13H26BNO2. The molecule has 0 bridgehead atoms. The summed E-state index contributed by atoms with van der Waals surface area (Å²) in [4.78, 5) is 0. The van der Waals surface area contributed by atoms with Gasteiger partial charge in [-0.25, -0.2) is 0 Å². The number of rotatable bonds is 2. The smallest absolute Gasteiger partial charge is 0.399 e. The van der Waals surface area contributed by atoms with Crippen molar-refractivity contribution in [3.63, 3.8) is 0 Å². The first kappa shape index (κ1) is 16.3. The fourth-order valence-electron chi connectivity index (χ4n) is 1.44. The molecule has 1 rings (SSSR count). The van der Waals surface area contributed by atoms with Gasteiger partial charge in [-0.05, 0) is 34.6 Å². The largest absolute Gasteiger partial charge is 0.496 e. The molecule has 0 aromatic heterocycles. The second-order valence-corrected chi connectivity index (χ2v) is 4.86. The molecule has 1 saturated heterocycles. The summed E-state index contributed by atoms with van der Waals surface area (Å²) in [5.41, 5.74) is 6.33. The molecule has 1 aliphatic heterocycles. The van der Waals surface area contributed by atoms with Crippen molar-refractivity contribution >= 4 is 7.12 Å². The second-order valence-electron chi connectivity index (χ2n) is 4.86. The van der Waals surface area contributed by atoms with Gasteiger partial charge in [-0.15, -0.1) is 0 Å². The predicted molar refractivity (Wildman–Crippen MR) is 74.5 cm³/mol. The topological polar surface area (TPSA) is 44.5 Å². The number of hydrogen-bond donors (Lipinski definition) is 1. The molecule has 1 fully saturated rings. The van der Waals surface area contributed by atoms with Gasteiger partial charge in [0.15, 0.2) is 0 Å². The number of nitrogens with two attached hydrogens (primary N) is 1. The average molecular weight is 239 g/mol. The zero-order valence-electron chi connectivity index (χ0n) is 12.3. The maximum absolute atomic E-state index is 5.85. The van der Waals surface area contributed by atoms with Gasteiger partial charge in [0, 0.05) is 11.2 Å². The molecule has 0 atom stereocenters. The van der Waals surface area contributed by atoms with Gasteiger partial charge in [-0.1, -0.05) is 26.5 Å². The molecule has 0 saturated carbocycles. The van der Waals surface area contributed by atoms with Crippen molar-refractivity contribution in [3.8, 4) is 0 Å². The van der Waals surface area contributed by atoms with Crippen LogP contribution in [0.2, 0.25) is 0 Å². The lowest BCUT2D eigenvalue weighted by molar-refractivity contribution is 0.00578. The second kappa shape index (κ2) is 5.74. The minimum Gasteiger partial charge on any atom is -0.399 e. The molecule has 4 heteroatoms. The van der Waals surface area contributed by atoms with E-state index in [1.54, 1.807) is 0 Å².